The second kappa shape index (κ2) is 16.9. The molecule has 9 heteroatoms. The van der Waals surface area contributed by atoms with Gasteiger partial charge in [-0.2, -0.15) is 0 Å². The summed E-state index contributed by atoms with van der Waals surface area (Å²) in [7, 11) is -1.21. The summed E-state index contributed by atoms with van der Waals surface area (Å²) in [5, 5.41) is 3.11. The van der Waals surface area contributed by atoms with E-state index in [-0.39, 0.29) is 5.91 Å². The van der Waals surface area contributed by atoms with Crippen LogP contribution in [-0.2, 0) is 39.0 Å². The fourth-order valence-electron chi connectivity index (χ4n) is 6.61. The summed E-state index contributed by atoms with van der Waals surface area (Å²) in [6.07, 6.45) is 12.6. The lowest BCUT2D eigenvalue weighted by molar-refractivity contribution is -0.112. The zero-order chi connectivity index (χ0) is 34.0. The number of aromatic nitrogens is 2. The van der Waals surface area contributed by atoms with Crippen LogP contribution in [0.3, 0.4) is 0 Å². The molecule has 1 amide bonds. The normalized spacial score (nSPS) is 14.7. The highest BCUT2D eigenvalue weighted by Gasteiger charge is 2.24. The first-order valence-electron chi connectivity index (χ1n) is 17.7. The molecule has 258 valence electrons. The fraction of sp³-hybridized carbons (Fsp3) is 0.400. The second-order valence-corrected chi connectivity index (χ2v) is 14.3. The Hall–Kier alpha value is -4.21. The van der Waals surface area contributed by atoms with Crippen molar-refractivity contribution >= 4 is 34.2 Å². The maximum atomic E-state index is 13.7. The monoisotopic (exact) mass is 680 g/mol. The number of nitrogens with zero attached hydrogens (tertiary/aromatic N) is 3. The van der Waals surface area contributed by atoms with Gasteiger partial charge >= 0.3 is 0 Å². The molecule has 8 nitrogen and oxygen atoms in total. The van der Waals surface area contributed by atoms with Crippen molar-refractivity contribution in [1.82, 2.24) is 9.55 Å². The van der Waals surface area contributed by atoms with Crippen LogP contribution >= 0.6 is 0 Å². The van der Waals surface area contributed by atoms with E-state index in [0.29, 0.717) is 31.1 Å². The predicted molar refractivity (Wildman–Crippen MR) is 199 cm³/mol. The van der Waals surface area contributed by atoms with Crippen LogP contribution < -0.4 is 15.0 Å². The molecule has 0 spiro atoms. The van der Waals surface area contributed by atoms with Crippen LogP contribution in [0.2, 0.25) is 0 Å². The highest BCUT2D eigenvalue weighted by atomic mass is 32.2. The number of carbonyl (C=O) groups excluding carboxylic acids is 1. The van der Waals surface area contributed by atoms with Gasteiger partial charge in [-0.25, -0.2) is 4.98 Å². The van der Waals surface area contributed by atoms with Crippen LogP contribution in [0.5, 0.6) is 5.75 Å². The van der Waals surface area contributed by atoms with E-state index in [4.69, 9.17) is 9.47 Å². The molecule has 0 saturated heterocycles. The van der Waals surface area contributed by atoms with Gasteiger partial charge in [0, 0.05) is 54.3 Å². The Morgan fingerprint density at radius 3 is 2.49 bits per heavy atom. The number of nitrogens with one attached hydrogen (secondary N) is 1. The van der Waals surface area contributed by atoms with Gasteiger partial charge in [-0.15, -0.1) is 0 Å². The van der Waals surface area contributed by atoms with Crippen molar-refractivity contribution in [1.29, 1.82) is 0 Å². The average Bonchev–Trinajstić information content (AvgIpc) is 3.54. The van der Waals surface area contributed by atoms with Crippen LogP contribution in [0.1, 0.15) is 69.2 Å². The number of anilines is 2. The average molecular weight is 681 g/mol. The third kappa shape index (κ3) is 8.88. The van der Waals surface area contributed by atoms with Gasteiger partial charge in [0.15, 0.2) is 0 Å². The number of hydrogen-bond acceptors (Lipinski definition) is 6. The van der Waals surface area contributed by atoms with E-state index >= 15 is 0 Å². The first kappa shape index (κ1) is 34.6. The second-order valence-electron chi connectivity index (χ2n) is 12.8. The van der Waals surface area contributed by atoms with Gasteiger partial charge in [0.1, 0.15) is 12.4 Å². The number of imidazole rings is 1. The van der Waals surface area contributed by atoms with Gasteiger partial charge in [0.2, 0.25) is 0 Å². The largest absolute Gasteiger partial charge is 0.491 e. The molecule has 1 atom stereocenters. The molecule has 6 rings (SSSR count). The van der Waals surface area contributed by atoms with Crippen molar-refractivity contribution in [3.8, 4) is 16.9 Å². The lowest BCUT2D eigenvalue weighted by Gasteiger charge is -2.35. The minimum absolute atomic E-state index is 0.0964. The SMILES string of the molecule is CCCCOCCOc1ccc(-c2cc3c4c(c2)CCCN4CCCC(C(=O)Nc2ccc(S(=O)Cc4cncn4CCC)cc2)=C3)cc1. The molecule has 0 saturated carbocycles. The van der Waals surface area contributed by atoms with Crippen LogP contribution in [0.25, 0.3) is 17.2 Å². The highest BCUT2D eigenvalue weighted by Crippen LogP contribution is 2.39. The molecule has 0 radical (unpaired) electrons. The standard InChI is InChI=1S/C40H48N4O4S/c1-3-5-21-47-22-23-48-37-14-10-30(11-15-37)33-24-31-8-6-19-43-20-7-9-32(25-34(26-33)39(31)43)40(45)42-35-12-16-38(17-13-35)49(46)28-36-27-41-29-44(36)18-4-2/h10-17,24-27,29H,3-9,18-23,28H2,1-2H3,(H,42,45). The van der Waals surface area contributed by atoms with E-state index in [1.165, 1.54) is 11.3 Å². The number of amides is 1. The molecule has 0 fully saturated rings. The maximum absolute atomic E-state index is 13.7. The molecule has 0 aliphatic carbocycles. The Morgan fingerprint density at radius 2 is 1.71 bits per heavy atom. The first-order chi connectivity index (χ1) is 24.0. The Kier molecular flexibility index (Phi) is 12.0. The summed E-state index contributed by atoms with van der Waals surface area (Å²) in [6, 6.07) is 20.2. The number of unbranched alkanes of at least 4 members (excludes halogenated alkanes) is 1. The van der Waals surface area contributed by atoms with Crippen LogP contribution in [0, 0.1) is 0 Å². The summed E-state index contributed by atoms with van der Waals surface area (Å²) in [4.78, 5) is 21.1. The van der Waals surface area contributed by atoms with E-state index < -0.39 is 10.8 Å². The smallest absolute Gasteiger partial charge is 0.251 e. The fourth-order valence-corrected chi connectivity index (χ4v) is 7.72. The van der Waals surface area contributed by atoms with E-state index in [2.05, 4.69) is 64.0 Å². The minimum atomic E-state index is -1.21. The Labute approximate surface area is 293 Å². The number of aryl methyl sites for hydroxylation is 2. The summed E-state index contributed by atoms with van der Waals surface area (Å²) in [6.45, 7) is 9.00. The third-order valence-electron chi connectivity index (χ3n) is 9.15. The molecule has 2 aliphatic rings. The van der Waals surface area contributed by atoms with Gasteiger partial charge in [0.05, 0.1) is 35.2 Å². The van der Waals surface area contributed by atoms with Gasteiger partial charge < -0.3 is 24.3 Å². The quantitative estimate of drug-likeness (QED) is 0.128. The van der Waals surface area contributed by atoms with Crippen molar-refractivity contribution in [2.45, 2.75) is 76.0 Å². The molecular formula is C40H48N4O4S. The molecular weight excluding hydrogens is 633 g/mol. The van der Waals surface area contributed by atoms with Crippen molar-refractivity contribution < 1.29 is 18.5 Å². The number of hydrogen-bond donors (Lipinski definition) is 1. The number of carbonyl (C=O) groups is 1. The summed E-state index contributed by atoms with van der Waals surface area (Å²) in [5.74, 6) is 1.14. The molecule has 4 aromatic rings. The van der Waals surface area contributed by atoms with Crippen molar-refractivity contribution in [3.05, 3.63) is 95.6 Å². The van der Waals surface area contributed by atoms with Crippen molar-refractivity contribution in [3.63, 3.8) is 0 Å². The lowest BCUT2D eigenvalue weighted by atomic mass is 9.89. The number of benzene rings is 3. The molecule has 0 bridgehead atoms. The van der Waals surface area contributed by atoms with Crippen LogP contribution in [0.4, 0.5) is 11.4 Å². The molecule has 2 aliphatic heterocycles. The number of ether oxygens (including phenoxy) is 2. The maximum Gasteiger partial charge on any atom is 0.251 e. The van der Waals surface area contributed by atoms with Crippen LogP contribution in [0.15, 0.2) is 83.7 Å². The molecule has 1 unspecified atom stereocenters. The summed E-state index contributed by atoms with van der Waals surface area (Å²) in [5.41, 5.74) is 8.37. The number of rotatable bonds is 15. The van der Waals surface area contributed by atoms with Gasteiger partial charge in [0.25, 0.3) is 5.91 Å². The Bertz CT molecular complexity index is 1760. The van der Waals surface area contributed by atoms with Crippen molar-refractivity contribution in [2.75, 3.05) is 43.1 Å². The molecule has 1 N–H and O–H groups in total. The Morgan fingerprint density at radius 1 is 0.918 bits per heavy atom. The van der Waals surface area contributed by atoms with E-state index in [1.54, 1.807) is 12.5 Å². The zero-order valence-corrected chi connectivity index (χ0v) is 29.6. The predicted octanol–water partition coefficient (Wildman–Crippen LogP) is 8.03. The summed E-state index contributed by atoms with van der Waals surface area (Å²) < 4.78 is 26.7. The molecule has 3 aromatic carbocycles. The van der Waals surface area contributed by atoms with Gasteiger partial charge in [-0.05, 0) is 115 Å². The van der Waals surface area contributed by atoms with E-state index in [1.807, 2.05) is 36.4 Å². The molecule has 3 heterocycles. The van der Waals surface area contributed by atoms with E-state index in [0.717, 1.165) is 103 Å². The topological polar surface area (TPSA) is 85.7 Å². The summed E-state index contributed by atoms with van der Waals surface area (Å²) >= 11 is 0. The zero-order valence-electron chi connectivity index (χ0n) is 28.8. The Balaban J connectivity index is 1.16. The minimum Gasteiger partial charge on any atom is -0.491 e. The van der Waals surface area contributed by atoms with E-state index in [9.17, 15) is 9.00 Å². The molecule has 1 aromatic heterocycles. The van der Waals surface area contributed by atoms with Gasteiger partial charge in [-0.1, -0.05) is 32.4 Å². The van der Waals surface area contributed by atoms with Crippen molar-refractivity contribution in [2.24, 2.45) is 0 Å². The molecule has 49 heavy (non-hydrogen) atoms. The highest BCUT2D eigenvalue weighted by molar-refractivity contribution is 7.84. The third-order valence-corrected chi connectivity index (χ3v) is 10.5. The first-order valence-corrected chi connectivity index (χ1v) is 19.1. The van der Waals surface area contributed by atoms with Crippen LogP contribution in [-0.4, -0.2) is 52.6 Å². The lowest BCUT2D eigenvalue weighted by Crippen LogP contribution is -2.32. The van der Waals surface area contributed by atoms with Gasteiger partial charge in [-0.3, -0.25) is 9.00 Å².